The summed E-state index contributed by atoms with van der Waals surface area (Å²) in [6.45, 7) is 12.8. The molecule has 0 aromatic rings. The molecule has 3 nitrogen and oxygen atoms in total. The Bertz CT molecular complexity index is 689. The van der Waals surface area contributed by atoms with E-state index in [9.17, 15) is 15.3 Å². The van der Waals surface area contributed by atoms with Crippen LogP contribution in [-0.2, 0) is 0 Å². The van der Waals surface area contributed by atoms with Gasteiger partial charge in [-0.2, -0.15) is 0 Å². The number of allylic oxidation sites excluding steroid dienone is 3. The van der Waals surface area contributed by atoms with E-state index in [0.717, 1.165) is 29.9 Å². The average molecular weight is 459 g/mol. The molecule has 0 aromatic heterocycles. The molecule has 6 atom stereocenters. The zero-order valence-electron chi connectivity index (χ0n) is 19.7. The van der Waals surface area contributed by atoms with E-state index in [1.165, 1.54) is 38.5 Å². The second-order valence-electron chi connectivity index (χ2n) is 11.3. The van der Waals surface area contributed by atoms with Crippen LogP contribution in [0.2, 0.25) is 0 Å². The molecular weight excluding hydrogens is 412 g/mol. The van der Waals surface area contributed by atoms with Crippen molar-refractivity contribution in [3.8, 4) is 0 Å². The van der Waals surface area contributed by atoms with Crippen molar-refractivity contribution < 1.29 is 15.3 Å². The Morgan fingerprint density at radius 1 is 1.23 bits per heavy atom. The summed E-state index contributed by atoms with van der Waals surface area (Å²) < 4.78 is 0. The van der Waals surface area contributed by atoms with Crippen molar-refractivity contribution in [3.63, 3.8) is 0 Å². The molecule has 4 heteroatoms. The molecule has 0 saturated heterocycles. The van der Waals surface area contributed by atoms with Crippen molar-refractivity contribution in [3.05, 3.63) is 35.5 Å². The third-order valence-electron chi connectivity index (χ3n) is 8.44. The fraction of sp³-hybridized carbons (Fsp3) is 0.778. The monoisotopic (exact) mass is 458 g/mol. The quantitative estimate of drug-likeness (QED) is 0.502. The minimum atomic E-state index is -0.615. The maximum atomic E-state index is 10.1. The topological polar surface area (TPSA) is 60.7 Å². The molecule has 1 unspecified atom stereocenters. The van der Waals surface area contributed by atoms with Gasteiger partial charge in [-0.3, -0.25) is 0 Å². The number of aliphatic hydroxyl groups excluding tert-OH is 2. The Morgan fingerprint density at radius 2 is 1.94 bits per heavy atom. The Morgan fingerprint density at radius 3 is 2.61 bits per heavy atom. The molecule has 3 fully saturated rings. The van der Waals surface area contributed by atoms with Crippen LogP contribution in [-0.4, -0.2) is 70.9 Å². The van der Waals surface area contributed by atoms with Gasteiger partial charge >= 0.3 is 37.7 Å². The maximum absolute atomic E-state index is 10.1. The fourth-order valence-electron chi connectivity index (χ4n) is 6.74. The average Bonchev–Trinajstić information content (AvgIpc) is 3.00. The Hall–Kier alpha value is 0.360. The molecule has 3 N–H and O–H groups in total. The second-order valence-corrected chi connectivity index (χ2v) is 11.3. The van der Waals surface area contributed by atoms with E-state index in [1.807, 2.05) is 13.8 Å². The standard InChI is InChI=1S/C27H44O3.Ca.2H/c1-18(8-6-14-26(3,4)30)23-12-13-24-20(9-7-15-27(23,24)5)10-11-21-16-22(28)17-25(29)19(21)2;;;/h10-11,18,22-25,28-30H,2,6-9,12-17H2,1,3-5H3;;;/t18-,22-,23-,24?,25+,27-;;;/m1.../s1. The zero-order valence-corrected chi connectivity index (χ0v) is 19.7. The third-order valence-corrected chi connectivity index (χ3v) is 8.44. The van der Waals surface area contributed by atoms with Gasteiger partial charge in [-0.05, 0) is 93.1 Å². The Labute approximate surface area is 220 Å². The number of rotatable bonds is 6. The van der Waals surface area contributed by atoms with Crippen LogP contribution in [0.4, 0.5) is 0 Å². The SMILES string of the molecule is C=C1C(=CC=C2CCC[C@@]3(C)C2CC[C@@H]3[C@H](C)CCCC(C)(C)O)C[C@@H](O)C[C@@H]1O.[CaH2]. The van der Waals surface area contributed by atoms with Gasteiger partial charge in [-0.1, -0.05) is 51.0 Å². The fourth-order valence-corrected chi connectivity index (χ4v) is 6.74. The number of hydrogen-bond donors (Lipinski definition) is 3. The van der Waals surface area contributed by atoms with Gasteiger partial charge in [0, 0.05) is 6.42 Å². The summed E-state index contributed by atoms with van der Waals surface area (Å²) in [5.74, 6) is 2.11. The molecule has 0 radical (unpaired) electrons. The van der Waals surface area contributed by atoms with Gasteiger partial charge in [0.2, 0.25) is 0 Å². The van der Waals surface area contributed by atoms with E-state index >= 15 is 0 Å². The first-order valence-corrected chi connectivity index (χ1v) is 12.2. The van der Waals surface area contributed by atoms with Crippen LogP contribution in [0, 0.1) is 23.2 Å². The van der Waals surface area contributed by atoms with Crippen molar-refractivity contribution in [2.75, 3.05) is 0 Å². The molecule has 174 valence electrons. The first-order chi connectivity index (χ1) is 14.0. The van der Waals surface area contributed by atoms with Gasteiger partial charge in [0.25, 0.3) is 0 Å². The summed E-state index contributed by atoms with van der Waals surface area (Å²) in [6, 6.07) is 0. The molecule has 31 heavy (non-hydrogen) atoms. The molecule has 0 heterocycles. The van der Waals surface area contributed by atoms with Crippen LogP contribution in [0.15, 0.2) is 35.5 Å². The Balaban J connectivity index is 0.00000341. The first kappa shape index (κ1) is 27.6. The van der Waals surface area contributed by atoms with Gasteiger partial charge in [0.1, 0.15) is 0 Å². The van der Waals surface area contributed by atoms with E-state index in [2.05, 4.69) is 32.6 Å². The summed E-state index contributed by atoms with van der Waals surface area (Å²) in [6.07, 6.45) is 13.9. The van der Waals surface area contributed by atoms with E-state index in [1.54, 1.807) is 5.57 Å². The first-order valence-electron chi connectivity index (χ1n) is 12.2. The molecular formula is C27H46CaO3. The summed E-state index contributed by atoms with van der Waals surface area (Å²) in [5, 5.41) is 30.2. The molecule has 0 aliphatic heterocycles. The number of aliphatic hydroxyl groups is 3. The number of hydrogen-bond acceptors (Lipinski definition) is 3. The van der Waals surface area contributed by atoms with Crippen LogP contribution >= 0.6 is 0 Å². The van der Waals surface area contributed by atoms with Gasteiger partial charge in [0.15, 0.2) is 0 Å². The van der Waals surface area contributed by atoms with E-state index in [4.69, 9.17) is 0 Å². The molecule has 3 saturated carbocycles. The third kappa shape index (κ3) is 6.70. The van der Waals surface area contributed by atoms with Crippen LogP contribution in [0.25, 0.3) is 0 Å². The van der Waals surface area contributed by atoms with Crippen molar-refractivity contribution in [1.82, 2.24) is 0 Å². The predicted octanol–water partition coefficient (Wildman–Crippen LogP) is 4.79. The molecule has 0 spiro atoms. The summed E-state index contributed by atoms with van der Waals surface area (Å²) >= 11 is 0. The van der Waals surface area contributed by atoms with Crippen LogP contribution in [0.5, 0.6) is 0 Å². The molecule has 0 bridgehead atoms. The second kappa shape index (κ2) is 11.2. The predicted molar refractivity (Wildman–Crippen MR) is 133 cm³/mol. The van der Waals surface area contributed by atoms with Crippen LogP contribution < -0.4 is 0 Å². The molecule has 0 aromatic carbocycles. The Kier molecular flexibility index (Phi) is 9.96. The van der Waals surface area contributed by atoms with E-state index in [-0.39, 0.29) is 37.7 Å². The van der Waals surface area contributed by atoms with Crippen LogP contribution in [0.3, 0.4) is 0 Å². The normalized spacial score (nSPS) is 37.6. The van der Waals surface area contributed by atoms with Gasteiger partial charge < -0.3 is 15.3 Å². The van der Waals surface area contributed by atoms with Gasteiger partial charge in [-0.25, -0.2) is 0 Å². The molecule has 3 aliphatic carbocycles. The summed E-state index contributed by atoms with van der Waals surface area (Å²) in [5.41, 5.74) is 3.17. The van der Waals surface area contributed by atoms with Crippen molar-refractivity contribution >= 4 is 37.7 Å². The number of fused-ring (bicyclic) bond motifs is 1. The van der Waals surface area contributed by atoms with Crippen molar-refractivity contribution in [1.29, 1.82) is 0 Å². The molecule has 0 amide bonds. The van der Waals surface area contributed by atoms with E-state index < -0.39 is 17.8 Å². The van der Waals surface area contributed by atoms with Crippen LogP contribution in [0.1, 0.15) is 91.9 Å². The minimum absolute atomic E-state index is 0. The summed E-state index contributed by atoms with van der Waals surface area (Å²) in [4.78, 5) is 0. The van der Waals surface area contributed by atoms with Gasteiger partial charge in [0.05, 0.1) is 17.8 Å². The summed E-state index contributed by atoms with van der Waals surface area (Å²) in [7, 11) is 0. The van der Waals surface area contributed by atoms with E-state index in [0.29, 0.717) is 30.1 Å². The van der Waals surface area contributed by atoms with Crippen molar-refractivity contribution in [2.45, 2.75) is 110 Å². The van der Waals surface area contributed by atoms with Crippen molar-refractivity contribution in [2.24, 2.45) is 23.2 Å². The van der Waals surface area contributed by atoms with Gasteiger partial charge in [-0.15, -0.1) is 0 Å². The zero-order chi connectivity index (χ0) is 22.1. The molecule has 3 rings (SSSR count). The molecule has 3 aliphatic rings.